The van der Waals surface area contributed by atoms with Crippen molar-refractivity contribution in [3.05, 3.63) is 17.5 Å². The van der Waals surface area contributed by atoms with E-state index in [0.717, 1.165) is 31.4 Å². The van der Waals surface area contributed by atoms with Crippen molar-refractivity contribution < 1.29 is 5.11 Å². The Balaban J connectivity index is 2.18. The monoisotopic (exact) mass is 263 g/mol. The fourth-order valence-corrected chi connectivity index (χ4v) is 2.56. The van der Waals surface area contributed by atoms with Crippen LogP contribution in [0.3, 0.4) is 0 Å². The molecule has 0 bridgehead atoms. The van der Waals surface area contributed by atoms with Crippen LogP contribution in [0, 0.1) is 12.3 Å². The van der Waals surface area contributed by atoms with Crippen LogP contribution < -0.4 is 10.6 Å². The van der Waals surface area contributed by atoms with Crippen LogP contribution in [0.2, 0.25) is 0 Å². The van der Waals surface area contributed by atoms with Crippen LogP contribution in [0.1, 0.15) is 37.1 Å². The quantitative estimate of drug-likeness (QED) is 0.551. The third kappa shape index (κ3) is 3.20. The number of amidine groups is 1. The molecule has 1 saturated carbocycles. The SMILES string of the molecule is Cc1cc(C(=N)N)nc(N(C)CC2(O)CCCC2)n1. The molecule has 2 rings (SSSR count). The van der Waals surface area contributed by atoms with E-state index in [1.165, 1.54) is 0 Å². The number of aromatic nitrogens is 2. The first-order valence-electron chi connectivity index (χ1n) is 6.53. The van der Waals surface area contributed by atoms with E-state index in [-0.39, 0.29) is 5.84 Å². The lowest BCUT2D eigenvalue weighted by atomic mass is 10.0. The topological polar surface area (TPSA) is 99.1 Å². The average Bonchev–Trinajstić information content (AvgIpc) is 2.74. The number of aliphatic hydroxyl groups is 1. The highest BCUT2D eigenvalue weighted by molar-refractivity contribution is 5.93. The molecule has 0 atom stereocenters. The number of anilines is 1. The van der Waals surface area contributed by atoms with Crippen LogP contribution in [0.5, 0.6) is 0 Å². The summed E-state index contributed by atoms with van der Waals surface area (Å²) in [5, 5.41) is 17.9. The number of aryl methyl sites for hydroxylation is 1. The van der Waals surface area contributed by atoms with E-state index in [2.05, 4.69) is 9.97 Å². The van der Waals surface area contributed by atoms with Gasteiger partial charge in [-0.05, 0) is 25.8 Å². The minimum absolute atomic E-state index is 0.0697. The Morgan fingerprint density at radius 1 is 1.47 bits per heavy atom. The summed E-state index contributed by atoms with van der Waals surface area (Å²) in [5.74, 6) is 0.435. The van der Waals surface area contributed by atoms with Crippen LogP contribution in [0.15, 0.2) is 6.07 Å². The molecule has 104 valence electrons. The van der Waals surface area contributed by atoms with Crippen LogP contribution in [0.25, 0.3) is 0 Å². The van der Waals surface area contributed by atoms with E-state index in [1.54, 1.807) is 6.07 Å². The summed E-state index contributed by atoms with van der Waals surface area (Å²) < 4.78 is 0. The van der Waals surface area contributed by atoms with Crippen LogP contribution in [0.4, 0.5) is 5.95 Å². The van der Waals surface area contributed by atoms with Crippen molar-refractivity contribution in [2.75, 3.05) is 18.5 Å². The molecule has 0 aliphatic heterocycles. The first kappa shape index (κ1) is 13.7. The fraction of sp³-hybridized carbons (Fsp3) is 0.615. The summed E-state index contributed by atoms with van der Waals surface area (Å²) in [6.45, 7) is 2.35. The molecule has 0 unspecified atom stereocenters. The van der Waals surface area contributed by atoms with E-state index >= 15 is 0 Å². The van der Waals surface area contributed by atoms with Crippen molar-refractivity contribution in [2.45, 2.75) is 38.2 Å². The molecule has 19 heavy (non-hydrogen) atoms. The highest BCUT2D eigenvalue weighted by Gasteiger charge is 2.32. The second kappa shape index (κ2) is 5.13. The molecular formula is C13H21N5O. The van der Waals surface area contributed by atoms with E-state index in [9.17, 15) is 5.11 Å². The third-order valence-corrected chi connectivity index (χ3v) is 3.53. The molecule has 1 aromatic heterocycles. The van der Waals surface area contributed by atoms with Gasteiger partial charge < -0.3 is 15.7 Å². The number of likely N-dealkylation sites (N-methyl/N-ethyl adjacent to an activating group) is 1. The van der Waals surface area contributed by atoms with Crippen molar-refractivity contribution in [3.63, 3.8) is 0 Å². The number of nitrogens with zero attached hydrogens (tertiary/aromatic N) is 3. The van der Waals surface area contributed by atoms with Crippen molar-refractivity contribution >= 4 is 11.8 Å². The zero-order valence-corrected chi connectivity index (χ0v) is 11.5. The minimum atomic E-state index is -0.641. The smallest absolute Gasteiger partial charge is 0.226 e. The second-order valence-electron chi connectivity index (χ2n) is 5.40. The van der Waals surface area contributed by atoms with E-state index in [0.29, 0.717) is 18.2 Å². The van der Waals surface area contributed by atoms with Crippen LogP contribution >= 0.6 is 0 Å². The van der Waals surface area contributed by atoms with E-state index < -0.39 is 5.60 Å². The van der Waals surface area contributed by atoms with Gasteiger partial charge in [0.1, 0.15) is 11.5 Å². The van der Waals surface area contributed by atoms with Crippen molar-refractivity contribution in [2.24, 2.45) is 5.73 Å². The molecule has 1 aliphatic carbocycles. The van der Waals surface area contributed by atoms with Gasteiger partial charge in [-0.25, -0.2) is 9.97 Å². The Morgan fingerprint density at radius 3 is 2.68 bits per heavy atom. The largest absolute Gasteiger partial charge is 0.388 e. The standard InChI is InChI=1S/C13H21N5O/c1-9-7-10(11(14)15)17-12(16-9)18(2)8-13(19)5-3-4-6-13/h7,19H,3-6,8H2,1-2H3,(H3,14,15). The third-order valence-electron chi connectivity index (χ3n) is 3.53. The van der Waals surface area contributed by atoms with Gasteiger partial charge in [-0.3, -0.25) is 5.41 Å². The predicted octanol–water partition coefficient (Wildman–Crippen LogP) is 0.810. The number of rotatable bonds is 4. The first-order chi connectivity index (χ1) is 8.89. The molecule has 0 spiro atoms. The molecule has 0 radical (unpaired) electrons. The van der Waals surface area contributed by atoms with Crippen LogP contribution in [-0.4, -0.2) is 40.1 Å². The lowest BCUT2D eigenvalue weighted by molar-refractivity contribution is 0.0556. The van der Waals surface area contributed by atoms with E-state index in [4.69, 9.17) is 11.1 Å². The molecule has 1 heterocycles. The molecule has 4 N–H and O–H groups in total. The lowest BCUT2D eigenvalue weighted by Gasteiger charge is -2.28. The number of nitrogen functional groups attached to an aromatic ring is 1. The summed E-state index contributed by atoms with van der Waals surface area (Å²) in [6.07, 6.45) is 3.78. The molecule has 1 aromatic rings. The molecular weight excluding hydrogens is 242 g/mol. The summed E-state index contributed by atoms with van der Waals surface area (Å²) in [6, 6.07) is 1.68. The van der Waals surface area contributed by atoms with Gasteiger partial charge in [-0.15, -0.1) is 0 Å². The van der Waals surface area contributed by atoms with Gasteiger partial charge in [-0.2, -0.15) is 0 Å². The van der Waals surface area contributed by atoms with Gasteiger partial charge in [0.15, 0.2) is 0 Å². The fourth-order valence-electron chi connectivity index (χ4n) is 2.56. The summed E-state index contributed by atoms with van der Waals surface area (Å²) in [7, 11) is 1.86. The maximum absolute atomic E-state index is 10.4. The van der Waals surface area contributed by atoms with Crippen molar-refractivity contribution in [1.29, 1.82) is 5.41 Å². The molecule has 6 heteroatoms. The zero-order chi connectivity index (χ0) is 14.0. The van der Waals surface area contributed by atoms with Gasteiger partial charge in [0.05, 0.1) is 5.60 Å². The normalized spacial score (nSPS) is 17.4. The van der Waals surface area contributed by atoms with Crippen molar-refractivity contribution in [3.8, 4) is 0 Å². The maximum Gasteiger partial charge on any atom is 0.226 e. The zero-order valence-electron chi connectivity index (χ0n) is 11.5. The molecule has 1 aliphatic rings. The highest BCUT2D eigenvalue weighted by atomic mass is 16.3. The summed E-state index contributed by atoms with van der Waals surface area (Å²) in [4.78, 5) is 10.4. The van der Waals surface area contributed by atoms with E-state index in [1.807, 2.05) is 18.9 Å². The Hall–Kier alpha value is -1.69. The molecule has 6 nitrogen and oxygen atoms in total. The summed E-state index contributed by atoms with van der Waals surface area (Å²) >= 11 is 0. The number of nitrogens with one attached hydrogen (secondary N) is 1. The average molecular weight is 263 g/mol. The summed E-state index contributed by atoms with van der Waals surface area (Å²) in [5.41, 5.74) is 6.01. The second-order valence-corrected chi connectivity index (χ2v) is 5.40. The lowest BCUT2D eigenvalue weighted by Crippen LogP contribution is -2.40. The van der Waals surface area contributed by atoms with Gasteiger partial charge in [0, 0.05) is 19.3 Å². The van der Waals surface area contributed by atoms with Gasteiger partial charge in [0.2, 0.25) is 5.95 Å². The Morgan fingerprint density at radius 2 is 2.11 bits per heavy atom. The van der Waals surface area contributed by atoms with Gasteiger partial charge >= 0.3 is 0 Å². The Kier molecular flexibility index (Phi) is 3.71. The van der Waals surface area contributed by atoms with Crippen molar-refractivity contribution in [1.82, 2.24) is 9.97 Å². The Bertz CT molecular complexity index is 482. The maximum atomic E-state index is 10.4. The van der Waals surface area contributed by atoms with Gasteiger partial charge in [-0.1, -0.05) is 12.8 Å². The Labute approximate surface area is 113 Å². The first-order valence-corrected chi connectivity index (χ1v) is 6.53. The molecule has 0 aromatic carbocycles. The molecule has 1 fully saturated rings. The minimum Gasteiger partial charge on any atom is -0.388 e. The van der Waals surface area contributed by atoms with Gasteiger partial charge in [0.25, 0.3) is 0 Å². The van der Waals surface area contributed by atoms with Crippen LogP contribution in [-0.2, 0) is 0 Å². The number of hydrogen-bond donors (Lipinski definition) is 3. The number of nitrogens with two attached hydrogens (primary N) is 1. The predicted molar refractivity (Wildman–Crippen MR) is 74.5 cm³/mol. The molecule has 0 saturated heterocycles. The molecule has 0 amide bonds. The number of hydrogen-bond acceptors (Lipinski definition) is 5. The highest BCUT2D eigenvalue weighted by Crippen LogP contribution is 2.30.